The van der Waals surface area contributed by atoms with Crippen molar-refractivity contribution < 1.29 is 19.4 Å². The zero-order valence-electron chi connectivity index (χ0n) is 17.5. The minimum absolute atomic E-state index is 0.123. The molecule has 1 atom stereocenters. The Kier molecular flexibility index (Phi) is 7.01. The first-order valence-electron chi connectivity index (χ1n) is 11.2. The van der Waals surface area contributed by atoms with Crippen molar-refractivity contribution in [3.63, 3.8) is 0 Å². The van der Waals surface area contributed by atoms with Crippen LogP contribution >= 0.6 is 0 Å². The van der Waals surface area contributed by atoms with Crippen LogP contribution < -0.4 is 5.32 Å². The number of aromatic amines is 1. The second-order valence-corrected chi connectivity index (χ2v) is 8.77. The fourth-order valence-electron chi connectivity index (χ4n) is 4.99. The van der Waals surface area contributed by atoms with Gasteiger partial charge in [-0.15, -0.1) is 0 Å². The van der Waals surface area contributed by atoms with E-state index in [9.17, 15) is 14.7 Å². The van der Waals surface area contributed by atoms with Crippen molar-refractivity contribution in [1.29, 1.82) is 0 Å². The highest BCUT2D eigenvalue weighted by Crippen LogP contribution is 2.25. The molecule has 1 aromatic rings. The number of hydrogen-bond donors (Lipinski definition) is 3. The number of carbonyl (C=O) groups is 2. The molecule has 30 heavy (non-hydrogen) atoms. The third-order valence-corrected chi connectivity index (χ3v) is 6.83. The van der Waals surface area contributed by atoms with Crippen molar-refractivity contribution in [3.8, 4) is 0 Å². The molecule has 9 nitrogen and oxygen atoms in total. The summed E-state index contributed by atoms with van der Waals surface area (Å²) < 4.78 is 5.59. The number of rotatable bonds is 7. The van der Waals surface area contributed by atoms with E-state index in [4.69, 9.17) is 4.74 Å². The van der Waals surface area contributed by atoms with Crippen molar-refractivity contribution in [2.24, 2.45) is 5.92 Å². The third kappa shape index (κ3) is 5.19. The molecule has 0 unspecified atom stereocenters. The fourth-order valence-corrected chi connectivity index (χ4v) is 4.99. The molecule has 3 N–H and O–H groups in total. The van der Waals surface area contributed by atoms with E-state index >= 15 is 0 Å². The lowest BCUT2D eigenvalue weighted by Crippen LogP contribution is -2.49. The van der Waals surface area contributed by atoms with Gasteiger partial charge in [-0.25, -0.2) is 4.79 Å². The highest BCUT2D eigenvalue weighted by atomic mass is 16.5. The summed E-state index contributed by atoms with van der Waals surface area (Å²) in [6.07, 6.45) is 7.98. The first kappa shape index (κ1) is 21.3. The van der Waals surface area contributed by atoms with Crippen molar-refractivity contribution in [2.45, 2.75) is 57.2 Å². The molecule has 3 fully saturated rings. The average molecular weight is 420 g/mol. The highest BCUT2D eigenvalue weighted by molar-refractivity contribution is 5.86. The standard InChI is InChI=1S/C21H33N5O4/c27-20(22-13-18-2-1-11-30-18)15-3-9-26(10-4-15)17-5-7-25(8-6-17)14-16-12-23-24-19(16)21(28)29/h12,15,17-18H,1-11,13-14H2,(H,22,27)(H,23,24)(H,28,29)/t18-/m0/s1. The number of aromatic nitrogens is 2. The van der Waals surface area contributed by atoms with Gasteiger partial charge in [0.05, 0.1) is 12.3 Å². The van der Waals surface area contributed by atoms with Crippen LogP contribution in [0.2, 0.25) is 0 Å². The molecule has 4 heterocycles. The van der Waals surface area contributed by atoms with Crippen LogP contribution in [0.5, 0.6) is 0 Å². The Morgan fingerprint density at radius 3 is 2.60 bits per heavy atom. The average Bonchev–Trinajstić information content (AvgIpc) is 3.45. The Morgan fingerprint density at radius 1 is 1.17 bits per heavy atom. The molecule has 0 bridgehead atoms. The molecule has 0 aromatic carbocycles. The molecule has 1 amide bonds. The summed E-state index contributed by atoms with van der Waals surface area (Å²) in [6.45, 7) is 5.96. The lowest BCUT2D eigenvalue weighted by molar-refractivity contribution is -0.127. The maximum absolute atomic E-state index is 12.5. The minimum Gasteiger partial charge on any atom is -0.477 e. The predicted octanol–water partition coefficient (Wildman–Crippen LogP) is 1.08. The SMILES string of the molecule is O=C(O)c1[nH]ncc1CN1CCC(N2CCC(C(=O)NC[C@@H]3CCCO3)CC2)CC1. The van der Waals surface area contributed by atoms with E-state index in [1.54, 1.807) is 6.20 Å². The number of aromatic carboxylic acids is 1. The van der Waals surface area contributed by atoms with E-state index in [1.807, 2.05) is 0 Å². The van der Waals surface area contributed by atoms with Crippen molar-refractivity contribution in [2.75, 3.05) is 39.3 Å². The van der Waals surface area contributed by atoms with Crippen LogP contribution in [0.3, 0.4) is 0 Å². The molecule has 0 saturated carbocycles. The minimum atomic E-state index is -0.958. The van der Waals surface area contributed by atoms with Gasteiger partial charge in [0.15, 0.2) is 0 Å². The van der Waals surface area contributed by atoms with E-state index < -0.39 is 5.97 Å². The first-order valence-corrected chi connectivity index (χ1v) is 11.2. The Bertz CT molecular complexity index is 717. The van der Waals surface area contributed by atoms with E-state index in [-0.39, 0.29) is 23.6 Å². The van der Waals surface area contributed by atoms with E-state index in [2.05, 4.69) is 25.3 Å². The van der Waals surface area contributed by atoms with Crippen molar-refractivity contribution in [1.82, 2.24) is 25.3 Å². The number of likely N-dealkylation sites (tertiary alicyclic amines) is 2. The normalized spacial score (nSPS) is 24.9. The summed E-state index contributed by atoms with van der Waals surface area (Å²) in [5.74, 6) is -0.646. The first-order chi connectivity index (χ1) is 14.6. The smallest absolute Gasteiger partial charge is 0.354 e. The topological polar surface area (TPSA) is 111 Å². The Morgan fingerprint density at radius 2 is 1.93 bits per heavy atom. The number of nitrogens with one attached hydrogen (secondary N) is 2. The van der Waals surface area contributed by atoms with Gasteiger partial charge in [0, 0.05) is 37.2 Å². The Hall–Kier alpha value is -1.97. The quantitative estimate of drug-likeness (QED) is 0.606. The molecule has 4 rings (SSSR count). The number of amides is 1. The van der Waals surface area contributed by atoms with E-state index in [1.165, 1.54) is 0 Å². The molecule has 9 heteroatoms. The Labute approximate surface area is 177 Å². The van der Waals surface area contributed by atoms with Gasteiger partial charge >= 0.3 is 5.97 Å². The van der Waals surface area contributed by atoms with Crippen LogP contribution in [0.15, 0.2) is 6.20 Å². The number of hydrogen-bond acceptors (Lipinski definition) is 6. The van der Waals surface area contributed by atoms with Gasteiger partial charge in [-0.2, -0.15) is 5.10 Å². The van der Waals surface area contributed by atoms with E-state index in [0.717, 1.165) is 76.9 Å². The van der Waals surface area contributed by atoms with Crippen LogP contribution in [0, 0.1) is 5.92 Å². The van der Waals surface area contributed by atoms with Gasteiger partial charge in [0.2, 0.25) is 5.91 Å². The number of piperidine rings is 2. The molecule has 1 aromatic heterocycles. The monoisotopic (exact) mass is 419 g/mol. The van der Waals surface area contributed by atoms with E-state index in [0.29, 0.717) is 19.1 Å². The van der Waals surface area contributed by atoms with Crippen LogP contribution in [-0.2, 0) is 16.1 Å². The van der Waals surface area contributed by atoms with Gasteiger partial charge < -0.3 is 20.1 Å². The third-order valence-electron chi connectivity index (χ3n) is 6.83. The zero-order chi connectivity index (χ0) is 20.9. The second-order valence-electron chi connectivity index (χ2n) is 8.77. The molecule has 0 radical (unpaired) electrons. The summed E-state index contributed by atoms with van der Waals surface area (Å²) in [4.78, 5) is 28.5. The molecular weight excluding hydrogens is 386 g/mol. The van der Waals surface area contributed by atoms with Gasteiger partial charge in [0.1, 0.15) is 5.69 Å². The molecule has 3 aliphatic rings. The number of carbonyl (C=O) groups excluding carboxylic acids is 1. The number of nitrogens with zero attached hydrogens (tertiary/aromatic N) is 3. The van der Waals surface area contributed by atoms with Gasteiger partial charge in [-0.1, -0.05) is 0 Å². The maximum Gasteiger partial charge on any atom is 0.354 e. The van der Waals surface area contributed by atoms with Gasteiger partial charge in [0.25, 0.3) is 0 Å². The molecular formula is C21H33N5O4. The van der Waals surface area contributed by atoms with Crippen molar-refractivity contribution in [3.05, 3.63) is 17.5 Å². The molecule has 0 spiro atoms. The summed E-state index contributed by atoms with van der Waals surface area (Å²) in [5, 5.41) is 18.7. The molecule has 3 saturated heterocycles. The van der Waals surface area contributed by atoms with Crippen molar-refractivity contribution >= 4 is 11.9 Å². The molecule has 166 valence electrons. The summed E-state index contributed by atoms with van der Waals surface area (Å²) >= 11 is 0. The summed E-state index contributed by atoms with van der Waals surface area (Å²) in [5.41, 5.74) is 0.938. The number of carboxylic acid groups (broad SMARTS) is 1. The predicted molar refractivity (Wildman–Crippen MR) is 110 cm³/mol. The van der Waals surface area contributed by atoms with Crippen LogP contribution in [0.4, 0.5) is 0 Å². The lowest BCUT2D eigenvalue weighted by atomic mass is 9.92. The molecule has 0 aliphatic carbocycles. The number of carboxylic acids is 1. The highest BCUT2D eigenvalue weighted by Gasteiger charge is 2.31. The van der Waals surface area contributed by atoms with Gasteiger partial charge in [-0.3, -0.25) is 14.8 Å². The fraction of sp³-hybridized carbons (Fsp3) is 0.762. The summed E-state index contributed by atoms with van der Waals surface area (Å²) in [6, 6.07) is 0.556. The summed E-state index contributed by atoms with van der Waals surface area (Å²) in [7, 11) is 0. The van der Waals surface area contributed by atoms with Gasteiger partial charge in [-0.05, 0) is 64.7 Å². The second kappa shape index (κ2) is 9.89. The Balaban J connectivity index is 1.17. The number of H-pyrrole nitrogens is 1. The lowest BCUT2D eigenvalue weighted by Gasteiger charge is -2.41. The maximum atomic E-state index is 12.5. The zero-order valence-corrected chi connectivity index (χ0v) is 17.5. The molecule has 3 aliphatic heterocycles. The van der Waals surface area contributed by atoms with Crippen LogP contribution in [0.25, 0.3) is 0 Å². The number of ether oxygens (including phenoxy) is 1. The largest absolute Gasteiger partial charge is 0.477 e. The van der Waals surface area contributed by atoms with Crippen LogP contribution in [0.1, 0.15) is 54.6 Å². The van der Waals surface area contributed by atoms with Crippen LogP contribution in [-0.4, -0.2) is 88.5 Å².